The monoisotopic (exact) mass is 448 g/mol. The van der Waals surface area contributed by atoms with E-state index in [4.69, 9.17) is 0 Å². The van der Waals surface area contributed by atoms with Crippen LogP contribution in [0, 0.1) is 5.92 Å². The molecule has 0 aliphatic carbocycles. The summed E-state index contributed by atoms with van der Waals surface area (Å²) in [4.78, 5) is 51.0. The molecule has 2 atom stereocenters. The third kappa shape index (κ3) is 3.79. The smallest absolute Gasteiger partial charge is 0.254 e. The van der Waals surface area contributed by atoms with Gasteiger partial charge in [-0.3, -0.25) is 24.4 Å². The zero-order chi connectivity index (χ0) is 22.2. The molecule has 0 bridgehead atoms. The van der Waals surface area contributed by atoms with Crippen LogP contribution in [0.4, 0.5) is 0 Å². The lowest BCUT2D eigenvalue weighted by atomic mass is 9.83. The number of ketones is 1. The molecule has 4 heterocycles. The molecule has 32 heavy (non-hydrogen) atoms. The number of nitrogens with zero attached hydrogens (tertiary/aromatic N) is 4. The molecule has 0 spiro atoms. The van der Waals surface area contributed by atoms with E-state index >= 15 is 0 Å². The van der Waals surface area contributed by atoms with E-state index in [0.29, 0.717) is 34.6 Å². The first-order valence-corrected chi connectivity index (χ1v) is 11.8. The van der Waals surface area contributed by atoms with Gasteiger partial charge in [-0.05, 0) is 56.4 Å². The number of thiophene rings is 1. The van der Waals surface area contributed by atoms with Crippen molar-refractivity contribution in [2.75, 3.05) is 19.6 Å². The SMILES string of the molecule is CC(=O)c1cc(C(=O)N2CC[C@H]3[C@H](CCCN3C(=O)c3ccc4nccnc4c3)C2)cs1. The number of aromatic nitrogens is 2. The van der Waals surface area contributed by atoms with Gasteiger partial charge in [0.15, 0.2) is 5.78 Å². The Bertz CT molecular complexity index is 1210. The first-order valence-electron chi connectivity index (χ1n) is 10.9. The molecule has 164 valence electrons. The quantitative estimate of drug-likeness (QED) is 0.571. The Kier molecular flexibility index (Phi) is 5.46. The minimum absolute atomic E-state index is 0.0196. The fraction of sp³-hybridized carbons (Fsp3) is 0.375. The Morgan fingerprint density at radius 1 is 0.969 bits per heavy atom. The summed E-state index contributed by atoms with van der Waals surface area (Å²) in [6.07, 6.45) is 5.97. The summed E-state index contributed by atoms with van der Waals surface area (Å²) < 4.78 is 0. The van der Waals surface area contributed by atoms with E-state index in [0.717, 1.165) is 31.3 Å². The predicted octanol–water partition coefficient (Wildman–Crippen LogP) is 3.66. The highest BCUT2D eigenvalue weighted by Gasteiger charge is 2.39. The van der Waals surface area contributed by atoms with Crippen molar-refractivity contribution in [1.82, 2.24) is 19.8 Å². The Balaban J connectivity index is 1.31. The molecule has 0 unspecified atom stereocenters. The lowest BCUT2D eigenvalue weighted by Crippen LogP contribution is -2.56. The second-order valence-electron chi connectivity index (χ2n) is 8.52. The number of likely N-dealkylation sites (tertiary alicyclic amines) is 2. The summed E-state index contributed by atoms with van der Waals surface area (Å²) in [6, 6.07) is 7.31. The van der Waals surface area contributed by atoms with Crippen LogP contribution in [0.5, 0.6) is 0 Å². The van der Waals surface area contributed by atoms with E-state index in [1.165, 1.54) is 18.3 Å². The first-order chi connectivity index (χ1) is 15.5. The van der Waals surface area contributed by atoms with Crippen LogP contribution in [0.25, 0.3) is 11.0 Å². The molecule has 2 aliphatic heterocycles. The normalized spacial score (nSPS) is 20.8. The molecule has 0 N–H and O–H groups in total. The maximum absolute atomic E-state index is 13.4. The molecule has 0 radical (unpaired) electrons. The summed E-state index contributed by atoms with van der Waals surface area (Å²) in [6.45, 7) is 3.50. The van der Waals surface area contributed by atoms with Crippen molar-refractivity contribution < 1.29 is 14.4 Å². The molecule has 5 rings (SSSR count). The molecule has 0 saturated carbocycles. The van der Waals surface area contributed by atoms with E-state index in [-0.39, 0.29) is 29.6 Å². The average molecular weight is 449 g/mol. The summed E-state index contributed by atoms with van der Waals surface area (Å²) in [5.74, 6) is 0.241. The van der Waals surface area contributed by atoms with Crippen molar-refractivity contribution in [3.05, 3.63) is 58.0 Å². The third-order valence-electron chi connectivity index (χ3n) is 6.53. The van der Waals surface area contributed by atoms with Crippen molar-refractivity contribution in [2.24, 2.45) is 5.92 Å². The van der Waals surface area contributed by atoms with Crippen LogP contribution in [0.3, 0.4) is 0 Å². The number of fused-ring (bicyclic) bond motifs is 2. The van der Waals surface area contributed by atoms with Crippen LogP contribution < -0.4 is 0 Å². The average Bonchev–Trinajstić information content (AvgIpc) is 3.33. The second-order valence-corrected chi connectivity index (χ2v) is 9.43. The minimum Gasteiger partial charge on any atom is -0.338 e. The van der Waals surface area contributed by atoms with Crippen LogP contribution in [-0.4, -0.2) is 63.0 Å². The molecular formula is C24H24N4O3S. The van der Waals surface area contributed by atoms with Crippen molar-refractivity contribution >= 4 is 40.0 Å². The van der Waals surface area contributed by atoms with Gasteiger partial charge in [0, 0.05) is 49.0 Å². The van der Waals surface area contributed by atoms with Crippen LogP contribution in [0.15, 0.2) is 42.0 Å². The van der Waals surface area contributed by atoms with Gasteiger partial charge in [0.1, 0.15) is 0 Å². The van der Waals surface area contributed by atoms with Gasteiger partial charge in [-0.25, -0.2) is 0 Å². The Morgan fingerprint density at radius 3 is 2.56 bits per heavy atom. The molecule has 7 nitrogen and oxygen atoms in total. The molecule has 8 heteroatoms. The van der Waals surface area contributed by atoms with Gasteiger partial charge in [-0.2, -0.15) is 0 Å². The summed E-state index contributed by atoms with van der Waals surface area (Å²) in [5.41, 5.74) is 2.70. The molecule has 3 aromatic rings. The van der Waals surface area contributed by atoms with Crippen molar-refractivity contribution in [1.29, 1.82) is 0 Å². The molecule has 2 aromatic heterocycles. The van der Waals surface area contributed by atoms with Gasteiger partial charge in [-0.1, -0.05) is 0 Å². The van der Waals surface area contributed by atoms with Crippen molar-refractivity contribution in [3.8, 4) is 0 Å². The highest BCUT2D eigenvalue weighted by atomic mass is 32.1. The van der Waals surface area contributed by atoms with Gasteiger partial charge in [0.05, 0.1) is 21.5 Å². The number of piperidine rings is 2. The molecular weight excluding hydrogens is 424 g/mol. The third-order valence-corrected chi connectivity index (χ3v) is 7.56. The van der Waals surface area contributed by atoms with Gasteiger partial charge < -0.3 is 9.80 Å². The number of benzene rings is 1. The van der Waals surface area contributed by atoms with E-state index in [1.54, 1.807) is 23.8 Å². The number of carbonyl (C=O) groups excluding carboxylic acids is 3. The van der Waals surface area contributed by atoms with Crippen LogP contribution in [-0.2, 0) is 0 Å². The number of rotatable bonds is 3. The lowest BCUT2D eigenvalue weighted by Gasteiger charge is -2.47. The summed E-state index contributed by atoms with van der Waals surface area (Å²) in [7, 11) is 0. The second kappa shape index (κ2) is 8.43. The number of amides is 2. The maximum Gasteiger partial charge on any atom is 0.254 e. The van der Waals surface area contributed by atoms with Gasteiger partial charge in [0.2, 0.25) is 0 Å². The number of hydrogen-bond donors (Lipinski definition) is 0. The predicted molar refractivity (Wildman–Crippen MR) is 122 cm³/mol. The topological polar surface area (TPSA) is 83.5 Å². The zero-order valence-corrected chi connectivity index (χ0v) is 18.7. The van der Waals surface area contributed by atoms with Gasteiger partial charge in [-0.15, -0.1) is 11.3 Å². The number of hydrogen-bond acceptors (Lipinski definition) is 6. The fourth-order valence-corrected chi connectivity index (χ4v) is 5.70. The lowest BCUT2D eigenvalue weighted by molar-refractivity contribution is 0.0198. The molecule has 2 aliphatic rings. The zero-order valence-electron chi connectivity index (χ0n) is 17.9. The van der Waals surface area contributed by atoms with E-state index < -0.39 is 0 Å². The highest BCUT2D eigenvalue weighted by molar-refractivity contribution is 7.12. The summed E-state index contributed by atoms with van der Waals surface area (Å²) in [5, 5.41) is 1.77. The molecule has 2 saturated heterocycles. The fourth-order valence-electron chi connectivity index (χ4n) is 4.92. The Labute approximate surface area is 190 Å². The Morgan fingerprint density at radius 2 is 1.78 bits per heavy atom. The van der Waals surface area contributed by atoms with E-state index in [1.807, 2.05) is 28.0 Å². The summed E-state index contributed by atoms with van der Waals surface area (Å²) >= 11 is 1.32. The van der Waals surface area contributed by atoms with Crippen LogP contribution >= 0.6 is 11.3 Å². The standard InChI is InChI=1S/C24H24N4O3S/c1-15(29)22-12-18(14-32-22)23(30)27-10-6-21-17(13-27)3-2-9-28(21)24(31)16-4-5-19-20(11-16)26-8-7-25-19/h4-5,7-8,11-12,14,17,21H,2-3,6,9-10,13H2,1H3/t17-,21+/m1/s1. The number of carbonyl (C=O) groups is 3. The van der Waals surface area contributed by atoms with Crippen molar-refractivity contribution in [2.45, 2.75) is 32.2 Å². The number of Topliss-reactive ketones (excluding diaryl/α,β-unsaturated/α-hetero) is 1. The molecule has 2 fully saturated rings. The van der Waals surface area contributed by atoms with E-state index in [9.17, 15) is 14.4 Å². The maximum atomic E-state index is 13.4. The van der Waals surface area contributed by atoms with E-state index in [2.05, 4.69) is 9.97 Å². The van der Waals surface area contributed by atoms with Crippen LogP contribution in [0.1, 0.15) is 56.6 Å². The highest BCUT2D eigenvalue weighted by Crippen LogP contribution is 2.33. The molecule has 2 amide bonds. The molecule has 1 aromatic carbocycles. The van der Waals surface area contributed by atoms with Crippen LogP contribution in [0.2, 0.25) is 0 Å². The van der Waals surface area contributed by atoms with Crippen molar-refractivity contribution in [3.63, 3.8) is 0 Å². The Hall–Kier alpha value is -3.13. The largest absolute Gasteiger partial charge is 0.338 e. The van der Waals surface area contributed by atoms with Gasteiger partial charge >= 0.3 is 0 Å². The first kappa shape index (κ1) is 20.8. The minimum atomic E-state index is -0.0243. The van der Waals surface area contributed by atoms with Gasteiger partial charge in [0.25, 0.3) is 11.8 Å².